The van der Waals surface area contributed by atoms with E-state index in [1.54, 1.807) is 0 Å². The summed E-state index contributed by atoms with van der Waals surface area (Å²) in [4.78, 5) is 2.50. The summed E-state index contributed by atoms with van der Waals surface area (Å²) in [5, 5.41) is 14.1. The van der Waals surface area contributed by atoms with E-state index < -0.39 is 6.10 Å². The van der Waals surface area contributed by atoms with Crippen LogP contribution in [0, 0.1) is 0 Å². The van der Waals surface area contributed by atoms with E-state index in [-0.39, 0.29) is 12.1 Å². The van der Waals surface area contributed by atoms with Gasteiger partial charge in [0, 0.05) is 19.1 Å². The van der Waals surface area contributed by atoms with Gasteiger partial charge < -0.3 is 20.1 Å². The summed E-state index contributed by atoms with van der Waals surface area (Å²) >= 11 is 0. The molecule has 0 bridgehead atoms. The van der Waals surface area contributed by atoms with Crippen LogP contribution in [0.5, 0.6) is 5.75 Å². The maximum absolute atomic E-state index is 10.6. The van der Waals surface area contributed by atoms with Gasteiger partial charge in [0.2, 0.25) is 0 Å². The van der Waals surface area contributed by atoms with Crippen molar-refractivity contribution >= 4 is 0 Å². The number of likely N-dealkylation sites (tertiary alicyclic amines) is 1. The van der Waals surface area contributed by atoms with Crippen molar-refractivity contribution in [3.63, 3.8) is 0 Å². The first-order valence-corrected chi connectivity index (χ1v) is 8.68. The van der Waals surface area contributed by atoms with Crippen molar-refractivity contribution in [1.29, 1.82) is 0 Å². The molecule has 1 heterocycles. The standard InChI is InChI=1S/C18H28N2O2/c21-18-16(19-11-14-20-12-4-5-13-20)9-6-10-17(18)22-15-7-2-1-3-8-15/h1-3,7-8,16-19,21H,4-6,9-14H2/t16-,17+,18+/m0/s1. The number of hydrogen-bond donors (Lipinski definition) is 2. The van der Waals surface area contributed by atoms with Gasteiger partial charge in [-0.3, -0.25) is 0 Å². The largest absolute Gasteiger partial charge is 0.488 e. The number of hydrogen-bond acceptors (Lipinski definition) is 4. The van der Waals surface area contributed by atoms with Crippen LogP contribution in [0.2, 0.25) is 0 Å². The highest BCUT2D eigenvalue weighted by atomic mass is 16.5. The van der Waals surface area contributed by atoms with Crippen LogP contribution in [0.25, 0.3) is 0 Å². The minimum absolute atomic E-state index is 0.0968. The summed E-state index contributed by atoms with van der Waals surface area (Å²) in [6.07, 6.45) is 5.22. The molecule has 4 heteroatoms. The van der Waals surface area contributed by atoms with Crippen LogP contribution in [0.3, 0.4) is 0 Å². The van der Waals surface area contributed by atoms with Gasteiger partial charge in [-0.1, -0.05) is 18.2 Å². The number of para-hydroxylation sites is 1. The molecule has 2 N–H and O–H groups in total. The lowest BCUT2D eigenvalue weighted by Gasteiger charge is -2.35. The second-order valence-electron chi connectivity index (χ2n) is 6.50. The summed E-state index contributed by atoms with van der Waals surface area (Å²) in [7, 11) is 0. The van der Waals surface area contributed by atoms with E-state index in [0.29, 0.717) is 0 Å². The molecular formula is C18H28N2O2. The lowest BCUT2D eigenvalue weighted by atomic mass is 9.90. The quantitative estimate of drug-likeness (QED) is 0.844. The third kappa shape index (κ3) is 4.22. The molecule has 2 aliphatic rings. The molecule has 1 saturated carbocycles. The van der Waals surface area contributed by atoms with E-state index in [0.717, 1.165) is 38.1 Å². The second kappa shape index (κ2) is 7.95. The van der Waals surface area contributed by atoms with Crippen molar-refractivity contribution in [2.45, 2.75) is 50.4 Å². The van der Waals surface area contributed by atoms with E-state index in [2.05, 4.69) is 10.2 Å². The lowest BCUT2D eigenvalue weighted by molar-refractivity contribution is -0.0155. The van der Waals surface area contributed by atoms with Crippen molar-refractivity contribution < 1.29 is 9.84 Å². The Labute approximate surface area is 133 Å². The maximum atomic E-state index is 10.6. The Hall–Kier alpha value is -1.10. The van der Waals surface area contributed by atoms with Gasteiger partial charge in [-0.25, -0.2) is 0 Å². The van der Waals surface area contributed by atoms with Crippen LogP contribution in [0.15, 0.2) is 30.3 Å². The minimum atomic E-state index is -0.424. The van der Waals surface area contributed by atoms with Crippen molar-refractivity contribution in [3.8, 4) is 5.75 Å². The second-order valence-corrected chi connectivity index (χ2v) is 6.50. The molecule has 1 aromatic rings. The number of nitrogens with zero attached hydrogens (tertiary/aromatic N) is 1. The summed E-state index contributed by atoms with van der Waals surface area (Å²) in [6, 6.07) is 9.98. The van der Waals surface area contributed by atoms with E-state index >= 15 is 0 Å². The predicted octanol–water partition coefficient (Wildman–Crippen LogP) is 2.03. The van der Waals surface area contributed by atoms with Crippen LogP contribution in [0.4, 0.5) is 0 Å². The van der Waals surface area contributed by atoms with Crippen LogP contribution in [0.1, 0.15) is 32.1 Å². The van der Waals surface area contributed by atoms with Crippen LogP contribution < -0.4 is 10.1 Å². The molecule has 1 aliphatic carbocycles. The highest BCUT2D eigenvalue weighted by Crippen LogP contribution is 2.24. The van der Waals surface area contributed by atoms with E-state index in [1.165, 1.54) is 25.9 Å². The van der Waals surface area contributed by atoms with Gasteiger partial charge >= 0.3 is 0 Å². The molecule has 2 fully saturated rings. The Bertz CT molecular complexity index is 434. The molecule has 0 unspecified atom stereocenters. The zero-order valence-electron chi connectivity index (χ0n) is 13.3. The molecular weight excluding hydrogens is 276 g/mol. The molecule has 1 aromatic carbocycles. The predicted molar refractivity (Wildman–Crippen MR) is 88.2 cm³/mol. The van der Waals surface area contributed by atoms with Gasteiger partial charge in [0.05, 0.1) is 0 Å². The molecule has 1 saturated heterocycles. The molecule has 0 amide bonds. The molecule has 0 spiro atoms. The van der Waals surface area contributed by atoms with E-state index in [1.807, 2.05) is 30.3 Å². The van der Waals surface area contributed by atoms with Crippen LogP contribution >= 0.6 is 0 Å². The fourth-order valence-corrected chi connectivity index (χ4v) is 3.58. The maximum Gasteiger partial charge on any atom is 0.126 e. The molecule has 1 aliphatic heterocycles. The summed E-state index contributed by atoms with van der Waals surface area (Å²) in [6.45, 7) is 4.51. The first-order valence-electron chi connectivity index (χ1n) is 8.68. The first-order chi connectivity index (χ1) is 10.8. The van der Waals surface area contributed by atoms with Gasteiger partial charge in [0.25, 0.3) is 0 Å². The van der Waals surface area contributed by atoms with Gasteiger partial charge in [-0.2, -0.15) is 0 Å². The Balaban J connectivity index is 1.45. The molecule has 3 atom stereocenters. The third-order valence-electron chi connectivity index (χ3n) is 4.86. The summed E-state index contributed by atoms with van der Waals surface area (Å²) in [5.74, 6) is 0.851. The zero-order valence-corrected chi connectivity index (χ0v) is 13.3. The minimum Gasteiger partial charge on any atom is -0.488 e. The molecule has 122 valence electrons. The topological polar surface area (TPSA) is 44.7 Å². The van der Waals surface area contributed by atoms with Crippen molar-refractivity contribution in [3.05, 3.63) is 30.3 Å². The summed E-state index contributed by atoms with van der Waals surface area (Å²) in [5.41, 5.74) is 0. The van der Waals surface area contributed by atoms with Crippen molar-refractivity contribution in [2.24, 2.45) is 0 Å². The highest BCUT2D eigenvalue weighted by Gasteiger charge is 2.33. The number of benzene rings is 1. The van der Waals surface area contributed by atoms with Crippen molar-refractivity contribution in [2.75, 3.05) is 26.2 Å². The Morgan fingerprint density at radius 3 is 2.64 bits per heavy atom. The van der Waals surface area contributed by atoms with E-state index in [4.69, 9.17) is 4.74 Å². The normalized spacial score (nSPS) is 29.6. The molecule has 0 radical (unpaired) electrons. The Morgan fingerprint density at radius 1 is 1.09 bits per heavy atom. The van der Waals surface area contributed by atoms with Gasteiger partial charge in [-0.05, 0) is 57.3 Å². The third-order valence-corrected chi connectivity index (χ3v) is 4.86. The van der Waals surface area contributed by atoms with Crippen molar-refractivity contribution in [1.82, 2.24) is 10.2 Å². The molecule has 22 heavy (non-hydrogen) atoms. The van der Waals surface area contributed by atoms with Gasteiger partial charge in [0.1, 0.15) is 18.0 Å². The zero-order chi connectivity index (χ0) is 15.2. The monoisotopic (exact) mass is 304 g/mol. The van der Waals surface area contributed by atoms with Gasteiger partial charge in [-0.15, -0.1) is 0 Å². The number of rotatable bonds is 6. The average Bonchev–Trinajstić information content (AvgIpc) is 3.05. The Morgan fingerprint density at radius 2 is 1.86 bits per heavy atom. The fourth-order valence-electron chi connectivity index (χ4n) is 3.58. The first kappa shape index (κ1) is 15.8. The fraction of sp³-hybridized carbons (Fsp3) is 0.667. The SMILES string of the molecule is O[C@@H]1[C@@H](NCCN2CCCC2)CCC[C@H]1Oc1ccccc1. The van der Waals surface area contributed by atoms with E-state index in [9.17, 15) is 5.11 Å². The molecule has 0 aromatic heterocycles. The molecule has 4 nitrogen and oxygen atoms in total. The number of nitrogens with one attached hydrogen (secondary N) is 1. The molecule has 3 rings (SSSR count). The number of aliphatic hydroxyl groups excluding tert-OH is 1. The highest BCUT2D eigenvalue weighted by molar-refractivity contribution is 5.21. The lowest BCUT2D eigenvalue weighted by Crippen LogP contribution is -2.52. The smallest absolute Gasteiger partial charge is 0.126 e. The van der Waals surface area contributed by atoms with Gasteiger partial charge in [0.15, 0.2) is 0 Å². The van der Waals surface area contributed by atoms with Crippen LogP contribution in [-0.2, 0) is 0 Å². The number of aliphatic hydroxyl groups is 1. The number of ether oxygens (including phenoxy) is 1. The summed E-state index contributed by atoms with van der Waals surface area (Å²) < 4.78 is 5.98. The van der Waals surface area contributed by atoms with Crippen LogP contribution in [-0.4, -0.2) is 54.4 Å². The average molecular weight is 304 g/mol. The Kier molecular flexibility index (Phi) is 5.70.